The van der Waals surface area contributed by atoms with Crippen molar-refractivity contribution < 1.29 is 18.7 Å². The zero-order valence-corrected chi connectivity index (χ0v) is 16.5. The second-order valence-corrected chi connectivity index (χ2v) is 7.19. The standard InChI is InChI=1S/C23H23N3O4/c27-21(16-6-3-8-18(14-16)26-22(28)20-11-5-13-29-20)25-15-17-7-4-12-24-23(17)30-19-9-1-2-10-19/h3-8,11-14,19H,1-2,9-10,15H2,(H,25,27)(H,26,28). The summed E-state index contributed by atoms with van der Waals surface area (Å²) >= 11 is 0. The minimum atomic E-state index is -0.373. The SMILES string of the molecule is O=C(NCc1cccnc1OC1CCCC1)c1cccc(NC(=O)c2ccco2)c1. The smallest absolute Gasteiger partial charge is 0.291 e. The molecule has 0 aliphatic heterocycles. The summed E-state index contributed by atoms with van der Waals surface area (Å²) < 4.78 is 11.1. The Morgan fingerprint density at radius 1 is 1.07 bits per heavy atom. The van der Waals surface area contributed by atoms with Gasteiger partial charge in [0.15, 0.2) is 5.76 Å². The van der Waals surface area contributed by atoms with Crippen molar-refractivity contribution in [1.29, 1.82) is 0 Å². The first-order chi connectivity index (χ1) is 14.7. The highest BCUT2D eigenvalue weighted by atomic mass is 16.5. The zero-order chi connectivity index (χ0) is 20.8. The van der Waals surface area contributed by atoms with E-state index in [0.717, 1.165) is 18.4 Å². The largest absolute Gasteiger partial charge is 0.474 e. The Morgan fingerprint density at radius 3 is 2.73 bits per heavy atom. The van der Waals surface area contributed by atoms with Crippen LogP contribution in [0.4, 0.5) is 5.69 Å². The minimum absolute atomic E-state index is 0.198. The molecule has 7 heteroatoms. The van der Waals surface area contributed by atoms with Gasteiger partial charge in [-0.05, 0) is 62.1 Å². The second kappa shape index (κ2) is 9.26. The number of ether oxygens (including phenoxy) is 1. The maximum absolute atomic E-state index is 12.6. The number of nitrogens with one attached hydrogen (secondary N) is 2. The van der Waals surface area contributed by atoms with Crippen LogP contribution in [0.5, 0.6) is 5.88 Å². The van der Waals surface area contributed by atoms with Gasteiger partial charge in [-0.3, -0.25) is 9.59 Å². The molecule has 1 aliphatic carbocycles. The van der Waals surface area contributed by atoms with Gasteiger partial charge in [0.2, 0.25) is 5.88 Å². The van der Waals surface area contributed by atoms with Crippen molar-refractivity contribution >= 4 is 17.5 Å². The number of furan rings is 1. The molecular formula is C23H23N3O4. The molecule has 3 aromatic rings. The summed E-state index contributed by atoms with van der Waals surface area (Å²) in [6.45, 7) is 0.303. The van der Waals surface area contributed by atoms with Crippen molar-refractivity contribution in [2.75, 3.05) is 5.32 Å². The summed E-state index contributed by atoms with van der Waals surface area (Å²) in [5.74, 6) is 0.154. The summed E-state index contributed by atoms with van der Waals surface area (Å²) in [6.07, 6.45) is 7.76. The Morgan fingerprint density at radius 2 is 1.93 bits per heavy atom. The maximum Gasteiger partial charge on any atom is 0.291 e. The lowest BCUT2D eigenvalue weighted by Gasteiger charge is -2.15. The van der Waals surface area contributed by atoms with Crippen LogP contribution in [0.2, 0.25) is 0 Å². The first kappa shape index (κ1) is 19.7. The Bertz CT molecular complexity index is 1010. The predicted octanol–water partition coefficient (Wildman–Crippen LogP) is 4.18. The molecule has 0 radical (unpaired) electrons. The second-order valence-electron chi connectivity index (χ2n) is 7.19. The molecule has 0 bridgehead atoms. The first-order valence-corrected chi connectivity index (χ1v) is 10.0. The summed E-state index contributed by atoms with van der Waals surface area (Å²) in [5, 5.41) is 5.62. The summed E-state index contributed by atoms with van der Waals surface area (Å²) in [7, 11) is 0. The Kier molecular flexibility index (Phi) is 6.08. The van der Waals surface area contributed by atoms with Crippen LogP contribution in [0.15, 0.2) is 65.4 Å². The molecule has 1 aromatic carbocycles. The van der Waals surface area contributed by atoms with Gasteiger partial charge in [-0.15, -0.1) is 0 Å². The molecule has 4 rings (SSSR count). The van der Waals surface area contributed by atoms with Gasteiger partial charge in [0, 0.05) is 29.6 Å². The molecule has 0 saturated heterocycles. The molecule has 7 nitrogen and oxygen atoms in total. The average Bonchev–Trinajstić information content (AvgIpc) is 3.47. The van der Waals surface area contributed by atoms with Crippen molar-refractivity contribution in [3.63, 3.8) is 0 Å². The molecule has 2 N–H and O–H groups in total. The first-order valence-electron chi connectivity index (χ1n) is 10.0. The van der Waals surface area contributed by atoms with E-state index < -0.39 is 0 Å². The lowest BCUT2D eigenvalue weighted by atomic mass is 10.1. The van der Waals surface area contributed by atoms with Crippen LogP contribution >= 0.6 is 0 Å². The molecule has 2 aromatic heterocycles. The molecule has 2 heterocycles. The molecule has 30 heavy (non-hydrogen) atoms. The Hall–Kier alpha value is -3.61. The number of aromatic nitrogens is 1. The number of amides is 2. The maximum atomic E-state index is 12.6. The monoisotopic (exact) mass is 405 g/mol. The fraction of sp³-hybridized carbons (Fsp3) is 0.261. The lowest BCUT2D eigenvalue weighted by Crippen LogP contribution is -2.24. The van der Waals surface area contributed by atoms with E-state index in [1.807, 2.05) is 12.1 Å². The summed E-state index contributed by atoms with van der Waals surface area (Å²) in [4.78, 5) is 29.1. The minimum Gasteiger partial charge on any atom is -0.474 e. The number of hydrogen-bond acceptors (Lipinski definition) is 5. The van der Waals surface area contributed by atoms with Gasteiger partial charge in [-0.1, -0.05) is 12.1 Å². The number of nitrogens with zero attached hydrogens (tertiary/aromatic N) is 1. The van der Waals surface area contributed by atoms with Crippen molar-refractivity contribution in [2.24, 2.45) is 0 Å². The van der Waals surface area contributed by atoms with Crippen LogP contribution in [0.25, 0.3) is 0 Å². The van der Waals surface area contributed by atoms with E-state index in [1.165, 1.54) is 19.1 Å². The number of carbonyl (C=O) groups excluding carboxylic acids is 2. The summed E-state index contributed by atoms with van der Waals surface area (Å²) in [5.41, 5.74) is 1.78. The Balaban J connectivity index is 1.38. The number of hydrogen-bond donors (Lipinski definition) is 2. The Labute approximate surface area is 174 Å². The van der Waals surface area contributed by atoms with Crippen LogP contribution in [0.1, 0.15) is 52.2 Å². The number of pyridine rings is 1. The van der Waals surface area contributed by atoms with Crippen LogP contribution in [-0.2, 0) is 6.54 Å². The van der Waals surface area contributed by atoms with Crippen LogP contribution < -0.4 is 15.4 Å². The molecule has 2 amide bonds. The average molecular weight is 405 g/mol. The molecular weight excluding hydrogens is 382 g/mol. The molecule has 1 fully saturated rings. The fourth-order valence-electron chi connectivity index (χ4n) is 3.45. The van der Waals surface area contributed by atoms with Crippen molar-refractivity contribution in [1.82, 2.24) is 10.3 Å². The number of anilines is 1. The van der Waals surface area contributed by atoms with E-state index in [9.17, 15) is 9.59 Å². The highest BCUT2D eigenvalue weighted by Crippen LogP contribution is 2.25. The predicted molar refractivity (Wildman–Crippen MR) is 111 cm³/mol. The fourth-order valence-corrected chi connectivity index (χ4v) is 3.45. The topological polar surface area (TPSA) is 93.5 Å². The van der Waals surface area contributed by atoms with E-state index in [4.69, 9.17) is 9.15 Å². The van der Waals surface area contributed by atoms with Crippen molar-refractivity contribution in [3.05, 3.63) is 77.9 Å². The van der Waals surface area contributed by atoms with E-state index in [1.54, 1.807) is 42.6 Å². The van der Waals surface area contributed by atoms with Crippen LogP contribution in [0, 0.1) is 0 Å². The molecule has 154 valence electrons. The lowest BCUT2D eigenvalue weighted by molar-refractivity contribution is 0.0948. The van der Waals surface area contributed by atoms with E-state index in [-0.39, 0.29) is 23.7 Å². The highest BCUT2D eigenvalue weighted by molar-refractivity contribution is 6.03. The molecule has 1 saturated carbocycles. The van der Waals surface area contributed by atoms with Gasteiger partial charge in [-0.2, -0.15) is 0 Å². The summed E-state index contributed by atoms with van der Waals surface area (Å²) in [6, 6.07) is 13.7. The quantitative estimate of drug-likeness (QED) is 0.615. The normalized spacial score (nSPS) is 13.7. The van der Waals surface area contributed by atoms with Gasteiger partial charge < -0.3 is 19.8 Å². The molecule has 0 unspecified atom stereocenters. The third-order valence-electron chi connectivity index (χ3n) is 5.00. The van der Waals surface area contributed by atoms with E-state index in [2.05, 4.69) is 15.6 Å². The molecule has 0 spiro atoms. The van der Waals surface area contributed by atoms with E-state index >= 15 is 0 Å². The van der Waals surface area contributed by atoms with Gasteiger partial charge in [-0.25, -0.2) is 4.98 Å². The van der Waals surface area contributed by atoms with Gasteiger partial charge in [0.1, 0.15) is 6.10 Å². The van der Waals surface area contributed by atoms with Gasteiger partial charge in [0.05, 0.1) is 6.26 Å². The van der Waals surface area contributed by atoms with Crippen LogP contribution in [-0.4, -0.2) is 22.9 Å². The van der Waals surface area contributed by atoms with Crippen LogP contribution in [0.3, 0.4) is 0 Å². The van der Waals surface area contributed by atoms with Gasteiger partial charge in [0.25, 0.3) is 11.8 Å². The van der Waals surface area contributed by atoms with Crippen molar-refractivity contribution in [2.45, 2.75) is 38.3 Å². The van der Waals surface area contributed by atoms with E-state index in [0.29, 0.717) is 23.7 Å². The zero-order valence-electron chi connectivity index (χ0n) is 16.5. The third kappa shape index (κ3) is 4.86. The molecule has 1 aliphatic rings. The highest BCUT2D eigenvalue weighted by Gasteiger charge is 2.19. The number of benzene rings is 1. The van der Waals surface area contributed by atoms with Crippen molar-refractivity contribution in [3.8, 4) is 5.88 Å². The van der Waals surface area contributed by atoms with Gasteiger partial charge >= 0.3 is 0 Å². The molecule has 0 atom stereocenters. The number of carbonyl (C=O) groups is 2. The third-order valence-corrected chi connectivity index (χ3v) is 5.00. The number of rotatable bonds is 7.